The van der Waals surface area contributed by atoms with Crippen molar-refractivity contribution in [2.24, 2.45) is 0 Å². The molecule has 15 aromatic rings. The van der Waals surface area contributed by atoms with Crippen LogP contribution in [0.1, 0.15) is 162 Å². The molecule has 11 aromatic heterocycles. The molecule has 694 valence electrons. The Morgan fingerprint density at radius 3 is 1.29 bits per heavy atom. The number of carbonyl (C=O) groups is 5. The molecular weight excluding hydrogens is 1810 g/mol. The number of hydrogen-bond donors (Lipinski definition) is 8. The number of nitrogens with two attached hydrogens (primary N) is 5. The molecule has 3 fully saturated rings. The molecule has 38 heteroatoms. The zero-order valence-electron chi connectivity index (χ0n) is 76.7. The summed E-state index contributed by atoms with van der Waals surface area (Å²) in [5.74, 6) is 0.431. The van der Waals surface area contributed by atoms with Crippen molar-refractivity contribution in [2.75, 3.05) is 95.0 Å². The van der Waals surface area contributed by atoms with E-state index in [1.54, 1.807) is 43.6 Å². The number of aromatic nitrogens is 11. The van der Waals surface area contributed by atoms with E-state index in [2.05, 4.69) is 134 Å². The standard InChI is InChI=1S/C20H23N5OS.C20H22N4O2S.C19H20N4O3S2.C19H20N4O2S.C18H20N6OS/c1-11-4-6-14(7-5-11)8-22-15-9-25(10-15)20(26)18-17(21)16-12(2)13(3)23-24-19(16)27-18;1-11-5-7-14(8-6-11)20(26-4)9-24(10-20)19(25)17-16(21)15-12(2)13(3)22-23-18(15)27-17;1-28(25,26)12-8-6-11(7-9-12)10-21-18(24)17-16(20)15-13-4-2-3-5-14(13)22-23-19(15)27-17;1-10-11(2)21-22-18-15(10)16(20)17(26-18)19(24)23-7-6-12-8-14(25-3)5-4-13(12)9-23;1-10-11(2)22-23-17-14(10)15(19)16(26-17)18(25)24-8-13(9-24)21-7-12-3-5-20-6-4-12/h4-7,15,22H,8-10,21H2,1-3H3;5-8H,9-10,21H2,1-4H3;6-9H,2-5,10,20H2,1H3,(H,21,24);4-5,8H,6-7,9,20H2,1-3H3;3-6,13,21H,7-9,19H2,1-2H3. The number of sulfone groups is 1. The number of nitrogens with one attached hydrogen (secondary N) is 3. The van der Waals surface area contributed by atoms with E-state index >= 15 is 0 Å². The third-order valence-electron chi connectivity index (χ3n) is 25.5. The van der Waals surface area contributed by atoms with Crippen molar-refractivity contribution in [1.29, 1.82) is 0 Å². The number of rotatable bonds is 17. The Bertz CT molecular complexity index is 7170. The Morgan fingerprint density at radius 1 is 0.440 bits per heavy atom. The molecule has 4 aliphatic heterocycles. The third-order valence-corrected chi connectivity index (χ3v) is 32.0. The summed E-state index contributed by atoms with van der Waals surface area (Å²) in [6.07, 6.45) is 9.54. The van der Waals surface area contributed by atoms with Gasteiger partial charge in [-0.1, -0.05) is 77.9 Å². The van der Waals surface area contributed by atoms with E-state index < -0.39 is 15.4 Å². The van der Waals surface area contributed by atoms with Crippen molar-refractivity contribution in [3.8, 4) is 5.75 Å². The average molecular weight is 1920 g/mol. The lowest BCUT2D eigenvalue weighted by Crippen LogP contribution is -2.62. The molecule has 0 saturated carbocycles. The van der Waals surface area contributed by atoms with Crippen molar-refractivity contribution in [3.05, 3.63) is 241 Å². The second-order valence-electron chi connectivity index (χ2n) is 34.5. The Hall–Kier alpha value is -12.8. The summed E-state index contributed by atoms with van der Waals surface area (Å²) >= 11 is 6.55. The van der Waals surface area contributed by atoms with E-state index in [0.29, 0.717) is 127 Å². The summed E-state index contributed by atoms with van der Waals surface area (Å²) in [7, 11) is 0.118. The molecule has 32 nitrogen and oxygen atoms in total. The van der Waals surface area contributed by atoms with Gasteiger partial charge in [-0.2, -0.15) is 25.5 Å². The predicted octanol–water partition coefficient (Wildman–Crippen LogP) is 13.5. The largest absolute Gasteiger partial charge is 0.497 e. The van der Waals surface area contributed by atoms with Gasteiger partial charge < -0.3 is 73.7 Å². The molecule has 5 aliphatic rings. The SMILES string of the molecule is COC1(c2ccc(C)cc2)CN(C(=O)c2sc3nnc(C)c(C)c3c2N)C1.COc1ccc2c(c1)CCN(C(=O)c1sc3nnc(C)c(C)c3c1N)C2.CS(=O)(=O)c1ccc(CNC(=O)c2sc3nnc4c(c3c2N)CCCC4)cc1.Cc1ccc(CNC2CN(C(=O)c3sc4nnc(C)c(C)c4c3N)C2)cc1.Cc1nnc2sc(C(=O)N3CC(NCc4ccncc4)C3)c(N)c2c1C. The second kappa shape index (κ2) is 39.4. The maximum absolute atomic E-state index is 13.1. The van der Waals surface area contributed by atoms with Crippen LogP contribution < -0.4 is 49.4 Å². The number of anilines is 5. The third kappa shape index (κ3) is 19.4. The highest BCUT2D eigenvalue weighted by Gasteiger charge is 2.48. The fourth-order valence-electron chi connectivity index (χ4n) is 16.7. The maximum Gasteiger partial charge on any atom is 0.266 e. The van der Waals surface area contributed by atoms with E-state index in [1.165, 1.54) is 96.6 Å². The van der Waals surface area contributed by atoms with Crippen LogP contribution >= 0.6 is 56.7 Å². The fourth-order valence-corrected chi connectivity index (χ4v) is 22.6. The van der Waals surface area contributed by atoms with Gasteiger partial charge in [0.1, 0.15) is 59.9 Å². The number of likely N-dealkylation sites (tertiary alicyclic amines) is 3. The van der Waals surface area contributed by atoms with E-state index in [9.17, 15) is 32.4 Å². The summed E-state index contributed by atoms with van der Waals surface area (Å²) in [4.78, 5) is 82.3. The minimum Gasteiger partial charge on any atom is -0.497 e. The van der Waals surface area contributed by atoms with Crippen molar-refractivity contribution in [1.82, 2.24) is 91.5 Å². The molecule has 0 spiro atoms. The summed E-state index contributed by atoms with van der Waals surface area (Å²) in [6.45, 7) is 26.5. The molecule has 4 aromatic carbocycles. The number of nitrogen functional groups attached to an aromatic ring is 5. The Labute approximate surface area is 794 Å². The van der Waals surface area contributed by atoms with Gasteiger partial charge in [-0.3, -0.25) is 29.0 Å². The molecule has 5 amide bonds. The maximum atomic E-state index is 13.1. The molecule has 0 atom stereocenters. The highest BCUT2D eigenvalue weighted by molar-refractivity contribution is 7.90. The van der Waals surface area contributed by atoms with Crippen LogP contribution in [0.3, 0.4) is 0 Å². The Balaban J connectivity index is 0.000000122. The molecular formula is C96H105N23O9S6. The first-order valence-electron chi connectivity index (χ1n) is 43.8. The van der Waals surface area contributed by atoms with Gasteiger partial charge in [-0.05, 0) is 199 Å². The topological polar surface area (TPSA) is 459 Å². The van der Waals surface area contributed by atoms with Gasteiger partial charge >= 0.3 is 0 Å². The van der Waals surface area contributed by atoms with Crippen molar-refractivity contribution in [2.45, 2.75) is 150 Å². The van der Waals surface area contributed by atoms with Crippen molar-refractivity contribution < 1.29 is 41.9 Å². The first-order chi connectivity index (χ1) is 64.2. The molecule has 0 radical (unpaired) electrons. The fraction of sp³-hybridized carbons (Fsp3) is 0.333. The molecule has 1 aliphatic carbocycles. The van der Waals surface area contributed by atoms with Gasteiger partial charge in [0, 0.05) is 124 Å². The number of fused-ring (bicyclic) bond motifs is 8. The molecule has 20 rings (SSSR count). The van der Waals surface area contributed by atoms with Crippen molar-refractivity contribution in [3.63, 3.8) is 0 Å². The van der Waals surface area contributed by atoms with E-state index in [4.69, 9.17) is 38.1 Å². The number of hydrogen-bond acceptors (Lipinski definition) is 32. The normalized spacial score (nSPS) is 14.5. The first kappa shape index (κ1) is 94.4. The number of benzene rings is 4. The van der Waals surface area contributed by atoms with E-state index in [-0.39, 0.29) is 41.0 Å². The monoisotopic (exact) mass is 1920 g/mol. The number of amides is 5. The van der Waals surface area contributed by atoms with Gasteiger partial charge in [-0.15, -0.1) is 82.2 Å². The lowest BCUT2D eigenvalue weighted by Gasteiger charge is -2.49. The van der Waals surface area contributed by atoms with Crippen LogP contribution in [0, 0.1) is 69.2 Å². The molecule has 3 saturated heterocycles. The van der Waals surface area contributed by atoms with Gasteiger partial charge in [0.05, 0.1) is 82.0 Å². The van der Waals surface area contributed by atoms with Gasteiger partial charge in [-0.25, -0.2) is 8.42 Å². The van der Waals surface area contributed by atoms with Crippen LogP contribution in [0.2, 0.25) is 0 Å². The second-order valence-corrected chi connectivity index (χ2v) is 41.5. The summed E-state index contributed by atoms with van der Waals surface area (Å²) in [5, 5.41) is 56.0. The van der Waals surface area contributed by atoms with E-state index in [0.717, 1.165) is 172 Å². The number of nitrogens with zero attached hydrogens (tertiary/aromatic N) is 15. The van der Waals surface area contributed by atoms with Gasteiger partial charge in [0.2, 0.25) is 0 Å². The van der Waals surface area contributed by atoms with Crippen LogP contribution in [0.25, 0.3) is 51.1 Å². The molecule has 134 heavy (non-hydrogen) atoms. The number of pyridine rings is 1. The smallest absolute Gasteiger partial charge is 0.266 e. The Kier molecular flexibility index (Phi) is 27.8. The van der Waals surface area contributed by atoms with Crippen LogP contribution in [0.4, 0.5) is 28.4 Å². The molecule has 0 bridgehead atoms. The first-order valence-corrected chi connectivity index (χ1v) is 49.7. The number of thiophene rings is 5. The van der Waals surface area contributed by atoms with E-state index in [1.807, 2.05) is 100 Å². The lowest BCUT2D eigenvalue weighted by atomic mass is 9.85. The van der Waals surface area contributed by atoms with Crippen LogP contribution in [-0.2, 0) is 65.6 Å². The van der Waals surface area contributed by atoms with Crippen molar-refractivity contribution >= 4 is 176 Å². The number of aryl methyl sites for hydroxylation is 12. The van der Waals surface area contributed by atoms with Gasteiger partial charge in [0.25, 0.3) is 29.5 Å². The predicted molar refractivity (Wildman–Crippen MR) is 530 cm³/mol. The minimum atomic E-state index is -3.24. The molecule has 13 N–H and O–H groups in total. The highest BCUT2D eigenvalue weighted by Crippen LogP contribution is 2.44. The summed E-state index contributed by atoms with van der Waals surface area (Å²) < 4.78 is 34.1. The van der Waals surface area contributed by atoms with Crippen LogP contribution in [0.5, 0.6) is 5.75 Å². The number of methoxy groups -OCH3 is 2. The zero-order chi connectivity index (χ0) is 95.0. The molecule has 0 unspecified atom stereocenters. The Morgan fingerprint density at radius 2 is 0.836 bits per heavy atom. The zero-order valence-corrected chi connectivity index (χ0v) is 81.6. The lowest BCUT2D eigenvalue weighted by molar-refractivity contribution is -0.114. The van der Waals surface area contributed by atoms with Crippen LogP contribution in [0.15, 0.2) is 120 Å². The van der Waals surface area contributed by atoms with Crippen LogP contribution in [-0.4, -0.2) is 192 Å². The number of carbonyl (C=O) groups excluding carboxylic acids is 5. The number of ether oxygens (including phenoxy) is 2. The quantitative estimate of drug-likeness (QED) is 0.0420. The average Bonchev–Trinajstić information content (AvgIpc) is 0.987. The summed E-state index contributed by atoms with van der Waals surface area (Å²) in [6, 6.07) is 33.8. The molecule has 15 heterocycles. The minimum absolute atomic E-state index is 0.0130. The van der Waals surface area contributed by atoms with Gasteiger partial charge in [0.15, 0.2) is 9.84 Å². The summed E-state index contributed by atoms with van der Waals surface area (Å²) in [5.41, 5.74) is 52.2. The highest BCUT2D eigenvalue weighted by atomic mass is 32.2.